The van der Waals surface area contributed by atoms with Crippen LogP contribution in [0.15, 0.2) is 42.5 Å². The van der Waals surface area contributed by atoms with Gasteiger partial charge in [-0.1, -0.05) is 24.3 Å². The van der Waals surface area contributed by atoms with Crippen molar-refractivity contribution in [3.63, 3.8) is 0 Å². The zero-order valence-corrected chi connectivity index (χ0v) is 14.1. The third-order valence-electron chi connectivity index (χ3n) is 4.45. The number of hydrogen-bond acceptors (Lipinski definition) is 2. The largest absolute Gasteiger partial charge is 0.487 e. The van der Waals surface area contributed by atoms with Crippen molar-refractivity contribution < 1.29 is 9.53 Å². The molecule has 1 N–H and O–H groups in total. The number of carbonyl (C=O) groups is 1. The van der Waals surface area contributed by atoms with E-state index in [2.05, 4.69) is 19.2 Å². The SMILES string of the molecule is Cc1ccc(C(=O)NC2CC(C)(C)Oc3ccccc32)cc1C. The highest BCUT2D eigenvalue weighted by molar-refractivity contribution is 5.94. The quantitative estimate of drug-likeness (QED) is 0.896. The van der Waals surface area contributed by atoms with Crippen LogP contribution < -0.4 is 10.1 Å². The minimum Gasteiger partial charge on any atom is -0.487 e. The lowest BCUT2D eigenvalue weighted by molar-refractivity contribution is 0.0619. The topological polar surface area (TPSA) is 38.3 Å². The molecular formula is C20H23NO2. The van der Waals surface area contributed by atoms with Crippen LogP contribution in [0.1, 0.15) is 53.4 Å². The van der Waals surface area contributed by atoms with Gasteiger partial charge in [0.25, 0.3) is 5.91 Å². The minimum absolute atomic E-state index is 0.0365. The molecule has 0 spiro atoms. The number of amides is 1. The molecule has 3 heteroatoms. The minimum atomic E-state index is -0.296. The molecule has 1 unspecified atom stereocenters. The lowest BCUT2D eigenvalue weighted by atomic mass is 9.89. The molecule has 0 fully saturated rings. The molecule has 1 aliphatic heterocycles. The second-order valence-electron chi connectivity index (χ2n) is 6.93. The van der Waals surface area contributed by atoms with Gasteiger partial charge in [-0.25, -0.2) is 0 Å². The number of benzene rings is 2. The van der Waals surface area contributed by atoms with Gasteiger partial charge >= 0.3 is 0 Å². The maximum Gasteiger partial charge on any atom is 0.251 e. The van der Waals surface area contributed by atoms with Crippen LogP contribution in [0, 0.1) is 13.8 Å². The third-order valence-corrected chi connectivity index (χ3v) is 4.45. The Morgan fingerprint density at radius 3 is 2.61 bits per heavy atom. The van der Waals surface area contributed by atoms with E-state index in [0.717, 1.165) is 23.3 Å². The smallest absolute Gasteiger partial charge is 0.251 e. The van der Waals surface area contributed by atoms with Gasteiger partial charge in [-0.15, -0.1) is 0 Å². The fourth-order valence-electron chi connectivity index (χ4n) is 3.06. The maximum atomic E-state index is 12.6. The number of ether oxygens (including phenoxy) is 1. The van der Waals surface area contributed by atoms with Crippen LogP contribution in [0.25, 0.3) is 0 Å². The van der Waals surface area contributed by atoms with Gasteiger partial charge in [-0.05, 0) is 57.0 Å². The van der Waals surface area contributed by atoms with Gasteiger partial charge in [0.15, 0.2) is 0 Å². The third kappa shape index (κ3) is 3.24. The fourth-order valence-corrected chi connectivity index (χ4v) is 3.06. The molecule has 1 atom stereocenters. The molecule has 1 aliphatic rings. The Bertz CT molecular complexity index is 749. The lowest BCUT2D eigenvalue weighted by Crippen LogP contribution is -2.41. The summed E-state index contributed by atoms with van der Waals surface area (Å²) in [6, 6.07) is 13.7. The Labute approximate surface area is 137 Å². The normalized spacial score (nSPS) is 18.7. The van der Waals surface area contributed by atoms with Crippen molar-refractivity contribution in [2.45, 2.75) is 45.8 Å². The van der Waals surface area contributed by atoms with E-state index in [1.54, 1.807) is 0 Å². The summed E-state index contributed by atoms with van der Waals surface area (Å²) in [5.41, 5.74) is 3.78. The standard InChI is InChI=1S/C20H23NO2/c1-13-9-10-15(11-14(13)2)19(22)21-17-12-20(3,4)23-18-8-6-5-7-16(17)18/h5-11,17H,12H2,1-4H3,(H,21,22). The van der Waals surface area contributed by atoms with Crippen LogP contribution in [-0.2, 0) is 0 Å². The zero-order chi connectivity index (χ0) is 16.6. The van der Waals surface area contributed by atoms with Crippen LogP contribution in [0.3, 0.4) is 0 Å². The van der Waals surface area contributed by atoms with Crippen molar-refractivity contribution in [1.29, 1.82) is 0 Å². The number of aryl methyl sites for hydroxylation is 2. The summed E-state index contributed by atoms with van der Waals surface area (Å²) in [7, 11) is 0. The van der Waals surface area contributed by atoms with Crippen LogP contribution in [0.4, 0.5) is 0 Å². The van der Waals surface area contributed by atoms with Crippen molar-refractivity contribution in [1.82, 2.24) is 5.32 Å². The number of hydrogen-bond donors (Lipinski definition) is 1. The highest BCUT2D eigenvalue weighted by atomic mass is 16.5. The van der Waals surface area contributed by atoms with Gasteiger partial charge in [0.2, 0.25) is 0 Å². The van der Waals surface area contributed by atoms with E-state index in [4.69, 9.17) is 4.74 Å². The van der Waals surface area contributed by atoms with Crippen LogP contribution >= 0.6 is 0 Å². The Morgan fingerprint density at radius 2 is 1.87 bits per heavy atom. The molecule has 0 aliphatic carbocycles. The molecule has 1 heterocycles. The van der Waals surface area contributed by atoms with E-state index in [1.807, 2.05) is 56.3 Å². The first-order valence-corrected chi connectivity index (χ1v) is 8.02. The lowest BCUT2D eigenvalue weighted by Gasteiger charge is -2.37. The Morgan fingerprint density at radius 1 is 1.13 bits per heavy atom. The number of rotatable bonds is 2. The number of nitrogens with one attached hydrogen (secondary N) is 1. The molecule has 2 aromatic rings. The molecule has 0 saturated carbocycles. The van der Waals surface area contributed by atoms with E-state index in [0.29, 0.717) is 5.56 Å². The summed E-state index contributed by atoms with van der Waals surface area (Å²) in [4.78, 5) is 12.6. The van der Waals surface area contributed by atoms with Gasteiger partial charge in [0.1, 0.15) is 11.4 Å². The number of para-hydroxylation sites is 1. The predicted molar refractivity (Wildman–Crippen MR) is 91.9 cm³/mol. The molecular weight excluding hydrogens is 286 g/mol. The van der Waals surface area contributed by atoms with Gasteiger partial charge in [-0.3, -0.25) is 4.79 Å². The highest BCUT2D eigenvalue weighted by Crippen LogP contribution is 2.39. The molecule has 3 nitrogen and oxygen atoms in total. The predicted octanol–water partition coefficient (Wildman–Crippen LogP) is 4.34. The van der Waals surface area contributed by atoms with E-state index in [9.17, 15) is 4.79 Å². The highest BCUT2D eigenvalue weighted by Gasteiger charge is 2.34. The molecule has 120 valence electrons. The fraction of sp³-hybridized carbons (Fsp3) is 0.350. The Balaban J connectivity index is 1.87. The molecule has 23 heavy (non-hydrogen) atoms. The summed E-state index contributed by atoms with van der Waals surface area (Å²) in [5, 5.41) is 3.17. The van der Waals surface area contributed by atoms with Gasteiger partial charge in [0, 0.05) is 17.5 Å². The first kappa shape index (κ1) is 15.6. The van der Waals surface area contributed by atoms with E-state index in [-0.39, 0.29) is 17.6 Å². The van der Waals surface area contributed by atoms with E-state index >= 15 is 0 Å². The summed E-state index contributed by atoms with van der Waals surface area (Å²) in [6.07, 6.45) is 0.751. The van der Waals surface area contributed by atoms with Crippen molar-refractivity contribution in [2.24, 2.45) is 0 Å². The molecule has 0 aromatic heterocycles. The van der Waals surface area contributed by atoms with Gasteiger partial charge < -0.3 is 10.1 Å². The molecule has 0 saturated heterocycles. The van der Waals surface area contributed by atoms with Crippen molar-refractivity contribution >= 4 is 5.91 Å². The molecule has 0 bridgehead atoms. The second-order valence-corrected chi connectivity index (χ2v) is 6.93. The average Bonchev–Trinajstić information content (AvgIpc) is 2.48. The summed E-state index contributed by atoms with van der Waals surface area (Å²) >= 11 is 0. The van der Waals surface area contributed by atoms with Crippen molar-refractivity contribution in [2.75, 3.05) is 0 Å². The number of carbonyl (C=O) groups excluding carboxylic acids is 1. The summed E-state index contributed by atoms with van der Waals surface area (Å²) in [5.74, 6) is 0.819. The first-order valence-electron chi connectivity index (χ1n) is 8.02. The van der Waals surface area contributed by atoms with Crippen LogP contribution in [-0.4, -0.2) is 11.5 Å². The number of fused-ring (bicyclic) bond motifs is 1. The molecule has 0 radical (unpaired) electrons. The Hall–Kier alpha value is -2.29. The molecule has 1 amide bonds. The first-order chi connectivity index (χ1) is 10.9. The second kappa shape index (κ2) is 5.73. The Kier molecular flexibility index (Phi) is 3.88. The van der Waals surface area contributed by atoms with E-state index < -0.39 is 0 Å². The average molecular weight is 309 g/mol. The van der Waals surface area contributed by atoms with Crippen LogP contribution in [0.5, 0.6) is 5.75 Å². The molecule has 2 aromatic carbocycles. The summed E-state index contributed by atoms with van der Waals surface area (Å²) < 4.78 is 6.02. The van der Waals surface area contributed by atoms with Crippen molar-refractivity contribution in [3.05, 3.63) is 64.7 Å². The monoisotopic (exact) mass is 309 g/mol. The molecule has 3 rings (SSSR count). The van der Waals surface area contributed by atoms with E-state index in [1.165, 1.54) is 5.56 Å². The maximum absolute atomic E-state index is 12.6. The zero-order valence-electron chi connectivity index (χ0n) is 14.1. The van der Waals surface area contributed by atoms with Gasteiger partial charge in [-0.2, -0.15) is 0 Å². The summed E-state index contributed by atoms with van der Waals surface area (Å²) in [6.45, 7) is 8.18. The van der Waals surface area contributed by atoms with Crippen LogP contribution in [0.2, 0.25) is 0 Å². The van der Waals surface area contributed by atoms with Gasteiger partial charge in [0.05, 0.1) is 6.04 Å². The van der Waals surface area contributed by atoms with Crippen molar-refractivity contribution in [3.8, 4) is 5.75 Å².